The third kappa shape index (κ3) is 2.29. The topological polar surface area (TPSA) is 52.1 Å². The Bertz CT molecular complexity index is 385. The average Bonchev–Trinajstić information content (AvgIpc) is 2.15. The van der Waals surface area contributed by atoms with Crippen LogP contribution in [0.1, 0.15) is 37.0 Å². The molecule has 1 rings (SSSR count). The van der Waals surface area contributed by atoms with Crippen LogP contribution >= 0.6 is 0 Å². The number of halogens is 1. The molecule has 5 heteroatoms. The first-order valence-corrected chi connectivity index (χ1v) is 4.47. The van der Waals surface area contributed by atoms with Crippen LogP contribution in [0.5, 0.6) is 0 Å². The van der Waals surface area contributed by atoms with Crippen molar-refractivity contribution in [3.05, 3.63) is 23.5 Å². The first-order valence-electron chi connectivity index (χ1n) is 4.47. The van der Waals surface area contributed by atoms with E-state index in [9.17, 15) is 9.18 Å². The molecule has 0 aliphatic rings. The molecule has 4 nitrogen and oxygen atoms in total. The molecule has 1 aromatic heterocycles. The summed E-state index contributed by atoms with van der Waals surface area (Å²) >= 11 is 0. The van der Waals surface area contributed by atoms with E-state index in [-0.39, 0.29) is 11.4 Å². The van der Waals surface area contributed by atoms with Crippen LogP contribution in [0.4, 0.5) is 4.39 Å². The van der Waals surface area contributed by atoms with Gasteiger partial charge in [0.1, 0.15) is 6.33 Å². The zero-order valence-electron chi connectivity index (χ0n) is 9.17. The van der Waals surface area contributed by atoms with Gasteiger partial charge < -0.3 is 4.74 Å². The summed E-state index contributed by atoms with van der Waals surface area (Å²) in [6, 6.07) is 0. The van der Waals surface area contributed by atoms with Crippen LogP contribution < -0.4 is 0 Å². The van der Waals surface area contributed by atoms with Crippen LogP contribution in [0.3, 0.4) is 0 Å². The van der Waals surface area contributed by atoms with Gasteiger partial charge in [0.05, 0.1) is 12.8 Å². The summed E-state index contributed by atoms with van der Waals surface area (Å²) in [5.41, 5.74) is -0.592. The molecular weight excluding hydrogens is 199 g/mol. The number of hydrogen-bond acceptors (Lipinski definition) is 4. The predicted octanol–water partition coefficient (Wildman–Crippen LogP) is 1.70. The summed E-state index contributed by atoms with van der Waals surface area (Å²) in [7, 11) is 1.18. The van der Waals surface area contributed by atoms with Gasteiger partial charge >= 0.3 is 5.97 Å². The van der Waals surface area contributed by atoms with Crippen LogP contribution in [0.15, 0.2) is 6.33 Å². The first-order chi connectivity index (χ1) is 6.88. The van der Waals surface area contributed by atoms with Gasteiger partial charge in [-0.2, -0.15) is 0 Å². The van der Waals surface area contributed by atoms with Crippen molar-refractivity contribution >= 4 is 5.97 Å². The molecule has 0 unspecified atom stereocenters. The summed E-state index contributed by atoms with van der Waals surface area (Å²) in [5.74, 6) is -1.50. The van der Waals surface area contributed by atoms with E-state index in [2.05, 4.69) is 14.7 Å². The van der Waals surface area contributed by atoms with Crippen LogP contribution in [-0.2, 0) is 10.2 Å². The fourth-order valence-electron chi connectivity index (χ4n) is 1.13. The van der Waals surface area contributed by atoms with Gasteiger partial charge in [0.2, 0.25) is 0 Å². The molecule has 0 aromatic carbocycles. The van der Waals surface area contributed by atoms with E-state index in [0.29, 0.717) is 0 Å². The van der Waals surface area contributed by atoms with Crippen molar-refractivity contribution in [3.63, 3.8) is 0 Å². The van der Waals surface area contributed by atoms with Crippen molar-refractivity contribution in [1.29, 1.82) is 0 Å². The smallest absolute Gasteiger partial charge is 0.359 e. The highest BCUT2D eigenvalue weighted by molar-refractivity contribution is 5.87. The van der Waals surface area contributed by atoms with Crippen LogP contribution in [0, 0.1) is 5.82 Å². The van der Waals surface area contributed by atoms with Gasteiger partial charge in [0.25, 0.3) is 0 Å². The summed E-state index contributed by atoms with van der Waals surface area (Å²) in [6.45, 7) is 5.42. The summed E-state index contributed by atoms with van der Waals surface area (Å²) in [6.07, 6.45) is 1.16. The Morgan fingerprint density at radius 1 is 1.40 bits per heavy atom. The quantitative estimate of drug-likeness (QED) is 0.665. The van der Waals surface area contributed by atoms with Crippen LogP contribution in [0.2, 0.25) is 0 Å². The number of aromatic nitrogens is 2. The van der Waals surface area contributed by atoms with E-state index in [1.54, 1.807) is 20.8 Å². The van der Waals surface area contributed by atoms with E-state index in [4.69, 9.17) is 0 Å². The molecule has 0 saturated carbocycles. The minimum Gasteiger partial charge on any atom is -0.464 e. The maximum absolute atomic E-state index is 13.8. The fraction of sp³-hybridized carbons (Fsp3) is 0.500. The van der Waals surface area contributed by atoms with E-state index in [0.717, 1.165) is 6.33 Å². The second-order valence-electron chi connectivity index (χ2n) is 4.13. The lowest BCUT2D eigenvalue weighted by atomic mass is 9.91. The highest BCUT2D eigenvalue weighted by Gasteiger charge is 2.25. The van der Waals surface area contributed by atoms with Gasteiger partial charge in [-0.25, -0.2) is 19.2 Å². The Hall–Kier alpha value is -1.52. The zero-order valence-corrected chi connectivity index (χ0v) is 9.17. The molecule has 1 aromatic rings. The molecule has 82 valence electrons. The highest BCUT2D eigenvalue weighted by atomic mass is 19.1. The number of carbonyl (C=O) groups excluding carboxylic acids is 1. The van der Waals surface area contributed by atoms with Gasteiger partial charge in [-0.3, -0.25) is 0 Å². The van der Waals surface area contributed by atoms with Crippen LogP contribution in [0.25, 0.3) is 0 Å². The third-order valence-electron chi connectivity index (χ3n) is 1.88. The number of ether oxygens (including phenoxy) is 1. The molecule has 0 saturated heterocycles. The Morgan fingerprint density at radius 3 is 2.47 bits per heavy atom. The first kappa shape index (κ1) is 11.6. The molecule has 0 bridgehead atoms. The number of hydrogen-bond donors (Lipinski definition) is 0. The molecular formula is C10H13FN2O2. The van der Waals surface area contributed by atoms with Crippen molar-refractivity contribution in [2.45, 2.75) is 26.2 Å². The Morgan fingerprint density at radius 2 is 2.00 bits per heavy atom. The number of carbonyl (C=O) groups is 1. The normalized spacial score (nSPS) is 11.3. The molecule has 0 atom stereocenters. The molecule has 0 aliphatic carbocycles. The predicted molar refractivity (Wildman–Crippen MR) is 52.0 cm³/mol. The largest absolute Gasteiger partial charge is 0.464 e. The van der Waals surface area contributed by atoms with Crippen LogP contribution in [-0.4, -0.2) is 23.0 Å². The van der Waals surface area contributed by atoms with Crippen molar-refractivity contribution < 1.29 is 13.9 Å². The maximum Gasteiger partial charge on any atom is 0.359 e. The van der Waals surface area contributed by atoms with E-state index in [1.807, 2.05) is 0 Å². The second kappa shape index (κ2) is 3.92. The number of rotatable bonds is 1. The fourth-order valence-corrected chi connectivity index (χ4v) is 1.13. The molecule has 0 radical (unpaired) electrons. The zero-order chi connectivity index (χ0) is 11.6. The Kier molecular flexibility index (Phi) is 3.02. The van der Waals surface area contributed by atoms with Crippen molar-refractivity contribution in [3.8, 4) is 0 Å². The lowest BCUT2D eigenvalue weighted by molar-refractivity contribution is 0.0587. The molecule has 1 heterocycles. The number of methoxy groups -OCH3 is 1. The van der Waals surface area contributed by atoms with Crippen molar-refractivity contribution in [1.82, 2.24) is 9.97 Å². The van der Waals surface area contributed by atoms with Gasteiger partial charge in [-0.1, -0.05) is 20.8 Å². The van der Waals surface area contributed by atoms with Gasteiger partial charge in [-0.05, 0) is 0 Å². The Labute approximate surface area is 87.5 Å². The van der Waals surface area contributed by atoms with E-state index < -0.39 is 17.2 Å². The lowest BCUT2D eigenvalue weighted by Gasteiger charge is -2.18. The van der Waals surface area contributed by atoms with Crippen molar-refractivity contribution in [2.75, 3.05) is 7.11 Å². The minimum atomic E-state index is -0.791. The van der Waals surface area contributed by atoms with Gasteiger partial charge in [0, 0.05) is 5.41 Å². The molecule has 0 aliphatic heterocycles. The molecule has 0 N–H and O–H groups in total. The standard InChI is InChI=1S/C10H13FN2O2/c1-10(2,3)8-6(11)7(9(14)15-4)12-5-13-8/h5H,1-4H3. The molecule has 15 heavy (non-hydrogen) atoms. The average molecular weight is 212 g/mol. The monoisotopic (exact) mass is 212 g/mol. The van der Waals surface area contributed by atoms with Gasteiger partial charge in [0.15, 0.2) is 11.5 Å². The summed E-state index contributed by atoms with van der Waals surface area (Å²) < 4.78 is 18.2. The summed E-state index contributed by atoms with van der Waals surface area (Å²) in [4.78, 5) is 18.6. The molecule has 0 amide bonds. The lowest BCUT2D eigenvalue weighted by Crippen LogP contribution is -2.20. The highest BCUT2D eigenvalue weighted by Crippen LogP contribution is 2.23. The van der Waals surface area contributed by atoms with E-state index >= 15 is 0 Å². The Balaban J connectivity index is 3.30. The molecule has 0 spiro atoms. The number of esters is 1. The maximum atomic E-state index is 13.8. The summed E-state index contributed by atoms with van der Waals surface area (Å²) in [5, 5.41) is 0. The molecule has 0 fully saturated rings. The van der Waals surface area contributed by atoms with Crippen molar-refractivity contribution in [2.24, 2.45) is 0 Å². The van der Waals surface area contributed by atoms with Gasteiger partial charge in [-0.15, -0.1) is 0 Å². The minimum absolute atomic E-state index is 0.206. The SMILES string of the molecule is COC(=O)c1ncnc(C(C)(C)C)c1F. The number of nitrogens with zero attached hydrogens (tertiary/aromatic N) is 2. The second-order valence-corrected chi connectivity index (χ2v) is 4.13. The third-order valence-corrected chi connectivity index (χ3v) is 1.88. The van der Waals surface area contributed by atoms with E-state index in [1.165, 1.54) is 7.11 Å².